The van der Waals surface area contributed by atoms with Crippen molar-refractivity contribution < 1.29 is 24.5 Å². The molecule has 0 amide bonds. The van der Waals surface area contributed by atoms with E-state index in [1.165, 1.54) is 7.11 Å². The molecule has 30 heavy (non-hydrogen) atoms. The number of aliphatic hydroxyl groups is 2. The number of Topliss-reactive ketones (excluding diaryl/α,β-unsaturated/α-hetero) is 1. The Labute approximate surface area is 180 Å². The van der Waals surface area contributed by atoms with E-state index in [9.17, 15) is 19.8 Å². The highest BCUT2D eigenvalue weighted by Gasteiger charge is 2.53. The molecule has 0 saturated heterocycles. The van der Waals surface area contributed by atoms with Crippen molar-refractivity contribution in [1.82, 2.24) is 0 Å². The first-order valence-electron chi connectivity index (χ1n) is 10.9. The normalized spacial score (nSPS) is 24.3. The number of benzene rings is 1. The molecular weight excluding hydrogens is 380 g/mol. The predicted molar refractivity (Wildman–Crippen MR) is 117 cm³/mol. The van der Waals surface area contributed by atoms with Crippen LogP contribution in [0.25, 0.3) is 0 Å². The highest BCUT2D eigenvalue weighted by atomic mass is 16.5. The number of hydrogen-bond donors (Lipinski definition) is 2. The van der Waals surface area contributed by atoms with Gasteiger partial charge in [0.05, 0.1) is 19.3 Å². The Morgan fingerprint density at radius 2 is 1.93 bits per heavy atom. The molecule has 5 heteroatoms. The first-order valence-corrected chi connectivity index (χ1v) is 10.9. The summed E-state index contributed by atoms with van der Waals surface area (Å²) in [6, 6.07) is 9.85. The summed E-state index contributed by atoms with van der Waals surface area (Å²) >= 11 is 0. The zero-order chi connectivity index (χ0) is 22.1. The monoisotopic (exact) mass is 416 g/mol. The van der Waals surface area contributed by atoms with Crippen LogP contribution in [0.3, 0.4) is 0 Å². The molecule has 1 saturated carbocycles. The van der Waals surface area contributed by atoms with Crippen LogP contribution in [0.4, 0.5) is 0 Å². The lowest BCUT2D eigenvalue weighted by Gasteiger charge is -2.25. The van der Waals surface area contributed by atoms with Crippen LogP contribution in [0.2, 0.25) is 0 Å². The largest absolute Gasteiger partial charge is 0.469 e. The Morgan fingerprint density at radius 1 is 1.23 bits per heavy atom. The van der Waals surface area contributed by atoms with E-state index in [4.69, 9.17) is 0 Å². The second kappa shape index (κ2) is 11.4. The SMILES string of the molecule is COC(=O)CCC/C=C\C[C@H]1C(=O)C(C)(C)[C@@H](O)[C@@H]1CCC(O)Cc1ccccc1. The van der Waals surface area contributed by atoms with Crippen molar-refractivity contribution >= 4 is 11.8 Å². The maximum absolute atomic E-state index is 12.9. The average Bonchev–Trinajstić information content (AvgIpc) is 2.89. The van der Waals surface area contributed by atoms with Crippen LogP contribution in [-0.4, -0.2) is 41.3 Å². The summed E-state index contributed by atoms with van der Waals surface area (Å²) in [7, 11) is 1.38. The molecule has 1 aliphatic carbocycles. The standard InChI is InChI=1S/C25H36O5/c1-25(2)23(28)20(13-9-4-5-10-14-22(27)30-3)21(24(25)29)16-15-19(26)17-18-11-7-6-8-12-18/h4,6-9,11-12,19-21,24,26,29H,5,10,13-17H2,1-3H3/b9-4-/t19?,20-,21-,24+/m1/s1. The van der Waals surface area contributed by atoms with Crippen LogP contribution in [-0.2, 0) is 20.7 Å². The minimum absolute atomic E-state index is 0.0942. The molecule has 0 aromatic heterocycles. The van der Waals surface area contributed by atoms with Gasteiger partial charge in [-0.2, -0.15) is 0 Å². The van der Waals surface area contributed by atoms with Gasteiger partial charge in [-0.3, -0.25) is 9.59 Å². The van der Waals surface area contributed by atoms with Gasteiger partial charge in [-0.05, 0) is 50.0 Å². The van der Waals surface area contributed by atoms with Gasteiger partial charge < -0.3 is 14.9 Å². The molecule has 0 radical (unpaired) electrons. The fourth-order valence-corrected chi connectivity index (χ4v) is 4.41. The number of ketones is 1. The summed E-state index contributed by atoms with van der Waals surface area (Å²) in [4.78, 5) is 24.1. The number of carbonyl (C=O) groups excluding carboxylic acids is 2. The number of aliphatic hydroxyl groups excluding tert-OH is 2. The topological polar surface area (TPSA) is 83.8 Å². The van der Waals surface area contributed by atoms with Gasteiger partial charge in [-0.25, -0.2) is 0 Å². The van der Waals surface area contributed by atoms with E-state index in [2.05, 4.69) is 4.74 Å². The molecule has 2 N–H and O–H groups in total. The molecule has 2 rings (SSSR count). The number of unbranched alkanes of at least 4 members (excludes halogenated alkanes) is 1. The third-order valence-corrected chi connectivity index (χ3v) is 6.32. The van der Waals surface area contributed by atoms with Crippen molar-refractivity contribution in [2.75, 3.05) is 7.11 Å². The molecule has 1 aromatic rings. The van der Waals surface area contributed by atoms with E-state index in [0.29, 0.717) is 38.5 Å². The molecule has 4 atom stereocenters. The van der Waals surface area contributed by atoms with Crippen LogP contribution in [0.15, 0.2) is 42.5 Å². The molecule has 1 fully saturated rings. The fourth-order valence-electron chi connectivity index (χ4n) is 4.41. The van der Waals surface area contributed by atoms with Gasteiger partial charge in [0.25, 0.3) is 0 Å². The Kier molecular flexibility index (Phi) is 9.25. The van der Waals surface area contributed by atoms with Gasteiger partial charge in [0, 0.05) is 17.8 Å². The van der Waals surface area contributed by atoms with Gasteiger partial charge in [0.2, 0.25) is 0 Å². The second-order valence-corrected chi connectivity index (χ2v) is 8.90. The predicted octanol–water partition coefficient (Wildman–Crippen LogP) is 3.86. The molecule has 1 unspecified atom stereocenters. The maximum Gasteiger partial charge on any atom is 0.305 e. The van der Waals surface area contributed by atoms with Gasteiger partial charge in [0.1, 0.15) is 5.78 Å². The number of rotatable bonds is 11. The summed E-state index contributed by atoms with van der Waals surface area (Å²) in [6.45, 7) is 3.63. The van der Waals surface area contributed by atoms with Crippen LogP contribution in [0.1, 0.15) is 57.9 Å². The van der Waals surface area contributed by atoms with Crippen molar-refractivity contribution in [3.63, 3.8) is 0 Å². The number of hydrogen-bond acceptors (Lipinski definition) is 5. The minimum atomic E-state index is -0.765. The van der Waals surface area contributed by atoms with Crippen molar-refractivity contribution in [3.05, 3.63) is 48.0 Å². The van der Waals surface area contributed by atoms with Gasteiger partial charge in [0.15, 0.2) is 0 Å². The van der Waals surface area contributed by atoms with Gasteiger partial charge in [-0.1, -0.05) is 56.3 Å². The number of ether oxygens (including phenoxy) is 1. The lowest BCUT2D eigenvalue weighted by molar-refractivity contribution is -0.140. The molecule has 0 bridgehead atoms. The molecule has 0 aliphatic heterocycles. The summed E-state index contributed by atoms with van der Waals surface area (Å²) in [5.74, 6) is -0.515. The molecule has 0 heterocycles. The molecule has 1 aliphatic rings. The van der Waals surface area contributed by atoms with Crippen LogP contribution in [0.5, 0.6) is 0 Å². The number of allylic oxidation sites excluding steroid dienone is 2. The Bertz CT molecular complexity index is 710. The van der Waals surface area contributed by atoms with Crippen LogP contribution in [0, 0.1) is 17.3 Å². The van der Waals surface area contributed by atoms with E-state index in [0.717, 1.165) is 12.0 Å². The average molecular weight is 417 g/mol. The molecule has 0 spiro atoms. The van der Waals surface area contributed by atoms with Crippen LogP contribution >= 0.6 is 0 Å². The van der Waals surface area contributed by atoms with Crippen molar-refractivity contribution in [2.24, 2.45) is 17.3 Å². The Morgan fingerprint density at radius 3 is 2.60 bits per heavy atom. The van der Waals surface area contributed by atoms with E-state index >= 15 is 0 Å². The minimum Gasteiger partial charge on any atom is -0.469 e. The van der Waals surface area contributed by atoms with Crippen LogP contribution < -0.4 is 0 Å². The van der Waals surface area contributed by atoms with Crippen molar-refractivity contribution in [2.45, 2.75) is 71.0 Å². The summed E-state index contributed by atoms with van der Waals surface area (Å²) in [5, 5.41) is 21.3. The summed E-state index contributed by atoms with van der Waals surface area (Å²) in [5.41, 5.74) is 0.318. The third kappa shape index (κ3) is 6.51. The third-order valence-electron chi connectivity index (χ3n) is 6.32. The molecule has 1 aromatic carbocycles. The quantitative estimate of drug-likeness (QED) is 0.325. The number of methoxy groups -OCH3 is 1. The second-order valence-electron chi connectivity index (χ2n) is 8.90. The first kappa shape index (κ1) is 24.3. The molecular formula is C25H36O5. The van der Waals surface area contributed by atoms with E-state index in [1.54, 1.807) is 0 Å². The Balaban J connectivity index is 1.90. The smallest absolute Gasteiger partial charge is 0.305 e. The summed E-state index contributed by atoms with van der Waals surface area (Å²) in [6.07, 6.45) is 6.97. The highest BCUT2D eigenvalue weighted by molar-refractivity contribution is 5.90. The molecule has 5 nitrogen and oxygen atoms in total. The van der Waals surface area contributed by atoms with Crippen molar-refractivity contribution in [3.8, 4) is 0 Å². The van der Waals surface area contributed by atoms with E-state index in [-0.39, 0.29) is 23.6 Å². The zero-order valence-corrected chi connectivity index (χ0v) is 18.4. The van der Waals surface area contributed by atoms with E-state index < -0.39 is 17.6 Å². The van der Waals surface area contributed by atoms with Gasteiger partial charge >= 0.3 is 5.97 Å². The van der Waals surface area contributed by atoms with E-state index in [1.807, 2.05) is 56.3 Å². The fraction of sp³-hybridized carbons (Fsp3) is 0.600. The number of esters is 1. The number of carbonyl (C=O) groups is 2. The summed E-state index contributed by atoms with van der Waals surface area (Å²) < 4.78 is 4.63. The highest BCUT2D eigenvalue weighted by Crippen LogP contribution is 2.46. The maximum atomic E-state index is 12.9. The first-order chi connectivity index (χ1) is 14.3. The van der Waals surface area contributed by atoms with Gasteiger partial charge in [-0.15, -0.1) is 0 Å². The lowest BCUT2D eigenvalue weighted by atomic mass is 9.84. The lowest BCUT2D eigenvalue weighted by Crippen LogP contribution is -2.32. The Hall–Kier alpha value is -1.98. The molecule has 166 valence electrons. The van der Waals surface area contributed by atoms with Crippen molar-refractivity contribution in [1.29, 1.82) is 0 Å². The zero-order valence-electron chi connectivity index (χ0n) is 18.4.